The van der Waals surface area contributed by atoms with Gasteiger partial charge >= 0.3 is 0 Å². The first-order chi connectivity index (χ1) is 22.2. The number of aryl methyl sites for hydroxylation is 1. The zero-order chi connectivity index (χ0) is 29.9. The lowest BCUT2D eigenvalue weighted by Crippen LogP contribution is -1.96. The highest BCUT2D eigenvalue weighted by Crippen LogP contribution is 2.40. The summed E-state index contributed by atoms with van der Waals surface area (Å²) in [7, 11) is 0. The minimum Gasteiger partial charge on any atom is -0.291 e. The lowest BCUT2D eigenvalue weighted by Gasteiger charge is -2.15. The number of thiazole rings is 1. The van der Waals surface area contributed by atoms with E-state index in [1.54, 1.807) is 11.3 Å². The highest BCUT2D eigenvalue weighted by molar-refractivity contribution is 7.21. The maximum absolute atomic E-state index is 5.23. The molecule has 9 aromatic rings. The fraction of sp³-hybridized carbons (Fsp3) is 0.0244. The molecule has 212 valence electrons. The maximum Gasteiger partial charge on any atom is 0.145 e. The lowest BCUT2D eigenvalue weighted by molar-refractivity contribution is 1.27. The van der Waals surface area contributed by atoms with Crippen molar-refractivity contribution in [2.45, 2.75) is 6.92 Å². The number of fused-ring (bicyclic) bond motifs is 7. The number of pyridine rings is 1. The Balaban J connectivity index is 1.26. The van der Waals surface area contributed by atoms with Crippen molar-refractivity contribution in [3.05, 3.63) is 151 Å². The van der Waals surface area contributed by atoms with Gasteiger partial charge in [0.1, 0.15) is 10.7 Å². The largest absolute Gasteiger partial charge is 0.291 e. The smallest absolute Gasteiger partial charge is 0.145 e. The van der Waals surface area contributed by atoms with E-state index in [4.69, 9.17) is 9.97 Å². The first kappa shape index (κ1) is 25.9. The predicted octanol–water partition coefficient (Wildman–Crippen LogP) is 11.2. The van der Waals surface area contributed by atoms with E-state index in [1.807, 2.05) is 6.07 Å². The van der Waals surface area contributed by atoms with Gasteiger partial charge in [-0.05, 0) is 52.8 Å². The van der Waals surface area contributed by atoms with Crippen LogP contribution in [-0.2, 0) is 0 Å². The molecule has 4 heteroatoms. The van der Waals surface area contributed by atoms with Crippen molar-refractivity contribution >= 4 is 48.9 Å². The third-order valence-corrected chi connectivity index (χ3v) is 9.86. The summed E-state index contributed by atoms with van der Waals surface area (Å²) in [5.74, 6) is 0. The maximum atomic E-state index is 5.23. The molecule has 0 aliphatic carbocycles. The molecule has 0 bridgehead atoms. The molecule has 9 rings (SSSR count). The van der Waals surface area contributed by atoms with Crippen LogP contribution in [0.25, 0.3) is 81.6 Å². The van der Waals surface area contributed by atoms with Crippen LogP contribution in [0.2, 0.25) is 0 Å². The Labute approximate surface area is 264 Å². The Morgan fingerprint density at radius 2 is 1.18 bits per heavy atom. The fourth-order valence-electron chi connectivity index (χ4n) is 6.66. The van der Waals surface area contributed by atoms with Gasteiger partial charge < -0.3 is 0 Å². The SMILES string of the molecule is Cc1nc2c3ccccc3c3ccc(-c4ccc(-c5nc6ccccc6s5)cc4)cc3n2c1-c1ccccc1-c1ccccc1. The number of rotatable bonds is 4. The number of hydrogen-bond acceptors (Lipinski definition) is 3. The molecular weight excluding hydrogens is 567 g/mol. The first-order valence-electron chi connectivity index (χ1n) is 15.2. The van der Waals surface area contributed by atoms with Crippen LogP contribution in [0.3, 0.4) is 0 Å². The summed E-state index contributed by atoms with van der Waals surface area (Å²) in [5.41, 5.74) is 12.4. The molecule has 0 amide bonds. The second-order valence-electron chi connectivity index (χ2n) is 11.5. The standard InChI is InChI=1S/C41H27N3S/c1-26-39(34-15-7-5-13-31(34)28-11-3-2-4-12-28)44-37-25-30(23-24-33(37)32-14-6-8-16-35(32)40(44)42-26)27-19-21-29(22-20-27)41-43-36-17-9-10-18-38(36)45-41/h2-25H,1H3. The number of nitrogens with zero attached hydrogens (tertiary/aromatic N) is 3. The predicted molar refractivity (Wildman–Crippen MR) is 190 cm³/mol. The average Bonchev–Trinajstić information content (AvgIpc) is 3.70. The number of para-hydroxylation sites is 1. The molecule has 0 saturated carbocycles. The van der Waals surface area contributed by atoms with Gasteiger partial charge in [-0.25, -0.2) is 9.97 Å². The Morgan fingerprint density at radius 3 is 2.00 bits per heavy atom. The Bertz CT molecular complexity index is 2510. The van der Waals surface area contributed by atoms with Crippen LogP contribution in [0, 0.1) is 6.92 Å². The lowest BCUT2D eigenvalue weighted by atomic mass is 9.96. The summed E-state index contributed by atoms with van der Waals surface area (Å²) >= 11 is 1.74. The van der Waals surface area contributed by atoms with E-state index in [2.05, 4.69) is 151 Å². The molecule has 0 saturated heterocycles. The van der Waals surface area contributed by atoms with Crippen molar-refractivity contribution in [2.75, 3.05) is 0 Å². The summed E-state index contributed by atoms with van der Waals surface area (Å²) in [6.07, 6.45) is 0. The summed E-state index contributed by atoms with van der Waals surface area (Å²) in [6.45, 7) is 2.13. The first-order valence-corrected chi connectivity index (χ1v) is 16.0. The third kappa shape index (κ3) is 4.18. The van der Waals surface area contributed by atoms with Crippen molar-refractivity contribution in [1.82, 2.24) is 14.4 Å². The van der Waals surface area contributed by atoms with Crippen molar-refractivity contribution in [2.24, 2.45) is 0 Å². The zero-order valence-corrected chi connectivity index (χ0v) is 25.4. The van der Waals surface area contributed by atoms with E-state index in [0.29, 0.717) is 0 Å². The van der Waals surface area contributed by atoms with Crippen molar-refractivity contribution in [3.8, 4) is 44.1 Å². The van der Waals surface area contributed by atoms with Crippen LogP contribution < -0.4 is 0 Å². The van der Waals surface area contributed by atoms with Crippen molar-refractivity contribution in [3.63, 3.8) is 0 Å². The topological polar surface area (TPSA) is 30.2 Å². The van der Waals surface area contributed by atoms with E-state index in [9.17, 15) is 0 Å². The number of hydrogen-bond donors (Lipinski definition) is 0. The van der Waals surface area contributed by atoms with Crippen LogP contribution in [0.4, 0.5) is 0 Å². The monoisotopic (exact) mass is 593 g/mol. The molecule has 0 unspecified atom stereocenters. The quantitative estimate of drug-likeness (QED) is 0.190. The Kier molecular flexibility index (Phi) is 5.90. The molecule has 0 atom stereocenters. The molecule has 3 nitrogen and oxygen atoms in total. The minimum absolute atomic E-state index is 0.983. The van der Waals surface area contributed by atoms with E-state index < -0.39 is 0 Å². The number of imidazole rings is 1. The highest BCUT2D eigenvalue weighted by atomic mass is 32.1. The summed E-state index contributed by atoms with van der Waals surface area (Å²) < 4.78 is 3.59. The van der Waals surface area contributed by atoms with Gasteiger partial charge in [-0.2, -0.15) is 0 Å². The van der Waals surface area contributed by atoms with Crippen LogP contribution in [0.1, 0.15) is 5.69 Å². The number of aromatic nitrogens is 3. The van der Waals surface area contributed by atoms with Gasteiger partial charge in [-0.15, -0.1) is 11.3 Å². The van der Waals surface area contributed by atoms with Crippen molar-refractivity contribution in [1.29, 1.82) is 0 Å². The van der Waals surface area contributed by atoms with Gasteiger partial charge in [0.15, 0.2) is 0 Å². The molecule has 0 radical (unpaired) electrons. The van der Waals surface area contributed by atoms with E-state index in [1.165, 1.54) is 43.3 Å². The van der Waals surface area contributed by atoms with Gasteiger partial charge in [0.05, 0.1) is 27.1 Å². The molecular formula is C41H27N3S. The van der Waals surface area contributed by atoms with Gasteiger partial charge in [0, 0.05) is 21.9 Å². The summed E-state index contributed by atoms with van der Waals surface area (Å²) in [4.78, 5) is 10.1. The van der Waals surface area contributed by atoms with Crippen LogP contribution in [0.15, 0.2) is 146 Å². The van der Waals surface area contributed by atoms with Crippen LogP contribution in [-0.4, -0.2) is 14.4 Å². The molecule has 0 spiro atoms. The second-order valence-corrected chi connectivity index (χ2v) is 12.5. The Hall–Kier alpha value is -5.58. The second kappa shape index (κ2) is 10.3. The van der Waals surface area contributed by atoms with Gasteiger partial charge in [-0.3, -0.25) is 4.40 Å². The van der Waals surface area contributed by atoms with Gasteiger partial charge in [0.2, 0.25) is 0 Å². The normalized spacial score (nSPS) is 11.7. The molecule has 3 heterocycles. The molecule has 0 aliphatic rings. The zero-order valence-electron chi connectivity index (χ0n) is 24.6. The third-order valence-electron chi connectivity index (χ3n) is 8.77. The molecule has 0 fully saturated rings. The molecule has 45 heavy (non-hydrogen) atoms. The molecule has 0 aliphatic heterocycles. The summed E-state index contributed by atoms with van der Waals surface area (Å²) in [6, 6.07) is 51.9. The molecule has 6 aromatic carbocycles. The average molecular weight is 594 g/mol. The van der Waals surface area contributed by atoms with E-state index in [0.717, 1.165) is 44.0 Å². The van der Waals surface area contributed by atoms with E-state index in [-0.39, 0.29) is 0 Å². The number of benzene rings is 6. The van der Waals surface area contributed by atoms with Gasteiger partial charge in [-0.1, -0.05) is 127 Å². The van der Waals surface area contributed by atoms with E-state index >= 15 is 0 Å². The van der Waals surface area contributed by atoms with Crippen molar-refractivity contribution < 1.29 is 0 Å². The molecule has 3 aromatic heterocycles. The molecule has 0 N–H and O–H groups in total. The van der Waals surface area contributed by atoms with Gasteiger partial charge in [0.25, 0.3) is 0 Å². The summed E-state index contributed by atoms with van der Waals surface area (Å²) in [5, 5.41) is 4.63. The Morgan fingerprint density at radius 1 is 0.511 bits per heavy atom. The fourth-order valence-corrected chi connectivity index (χ4v) is 7.63. The highest BCUT2D eigenvalue weighted by Gasteiger charge is 2.20. The van der Waals surface area contributed by atoms with Crippen LogP contribution in [0.5, 0.6) is 0 Å². The van der Waals surface area contributed by atoms with Crippen LogP contribution >= 0.6 is 11.3 Å². The minimum atomic E-state index is 0.983.